The van der Waals surface area contributed by atoms with Crippen molar-refractivity contribution in [3.63, 3.8) is 0 Å². The van der Waals surface area contributed by atoms with E-state index in [1.165, 1.54) is 0 Å². The predicted octanol–water partition coefficient (Wildman–Crippen LogP) is 2.32. The number of hydrogen-bond donors (Lipinski definition) is 2. The molecule has 1 aromatic heterocycles. The van der Waals surface area contributed by atoms with Gasteiger partial charge in [0, 0.05) is 0 Å². The summed E-state index contributed by atoms with van der Waals surface area (Å²) in [7, 11) is 0. The van der Waals surface area contributed by atoms with Gasteiger partial charge in [0.25, 0.3) is 11.8 Å². The van der Waals surface area contributed by atoms with Crippen molar-refractivity contribution >= 4 is 35.1 Å². The molecule has 0 spiro atoms. The highest BCUT2D eigenvalue weighted by Gasteiger charge is 2.18. The van der Waals surface area contributed by atoms with Gasteiger partial charge in [-0.15, -0.1) is 0 Å². The number of rotatable bonds is 2. The number of anilines is 2. The standard InChI is InChI=1S/C14H10ClN3O3/c15-9-4-2-1-3-8(9)14(20)17-11-6-5-10-13(16-11)18-12(19)7-21-10/h1-6H,7H2,(H2,16,17,18,19,20). The van der Waals surface area contributed by atoms with Crippen LogP contribution in [0.15, 0.2) is 36.4 Å². The molecule has 2 heterocycles. The predicted molar refractivity (Wildman–Crippen MR) is 77.8 cm³/mol. The second-order valence-electron chi connectivity index (χ2n) is 4.31. The van der Waals surface area contributed by atoms with Gasteiger partial charge >= 0.3 is 0 Å². The molecule has 0 saturated carbocycles. The zero-order valence-corrected chi connectivity index (χ0v) is 11.5. The third-order valence-electron chi connectivity index (χ3n) is 2.83. The Hall–Kier alpha value is -2.60. The Kier molecular flexibility index (Phi) is 3.45. The van der Waals surface area contributed by atoms with Crippen LogP contribution in [-0.4, -0.2) is 23.4 Å². The van der Waals surface area contributed by atoms with Crippen LogP contribution in [0.25, 0.3) is 0 Å². The van der Waals surface area contributed by atoms with Crippen LogP contribution in [0, 0.1) is 0 Å². The first-order valence-corrected chi connectivity index (χ1v) is 6.51. The first kappa shape index (κ1) is 13.4. The molecule has 0 fully saturated rings. The number of benzene rings is 1. The summed E-state index contributed by atoms with van der Waals surface area (Å²) < 4.78 is 5.19. The van der Waals surface area contributed by atoms with Crippen LogP contribution in [0.2, 0.25) is 5.02 Å². The first-order chi connectivity index (χ1) is 10.1. The largest absolute Gasteiger partial charge is 0.480 e. The monoisotopic (exact) mass is 303 g/mol. The van der Waals surface area contributed by atoms with Crippen molar-refractivity contribution in [1.82, 2.24) is 4.98 Å². The molecule has 1 aliphatic heterocycles. The van der Waals surface area contributed by atoms with Crippen LogP contribution in [0.4, 0.5) is 11.6 Å². The zero-order chi connectivity index (χ0) is 14.8. The molecule has 3 rings (SSSR count). The maximum absolute atomic E-state index is 12.1. The smallest absolute Gasteiger partial charge is 0.263 e. The number of carbonyl (C=O) groups excluding carboxylic acids is 2. The molecule has 0 aliphatic carbocycles. The minimum absolute atomic E-state index is 0.0417. The minimum atomic E-state index is -0.379. The molecule has 7 heteroatoms. The SMILES string of the molecule is O=C1COc2ccc(NC(=O)c3ccccc3Cl)nc2N1. The van der Waals surface area contributed by atoms with Crippen LogP contribution in [0.5, 0.6) is 5.75 Å². The van der Waals surface area contributed by atoms with E-state index in [-0.39, 0.29) is 24.2 Å². The molecule has 2 amide bonds. The van der Waals surface area contributed by atoms with E-state index in [1.807, 2.05) is 0 Å². The number of amides is 2. The van der Waals surface area contributed by atoms with E-state index in [9.17, 15) is 9.59 Å². The van der Waals surface area contributed by atoms with Gasteiger partial charge in [-0.2, -0.15) is 0 Å². The van der Waals surface area contributed by atoms with Crippen molar-refractivity contribution < 1.29 is 14.3 Å². The van der Waals surface area contributed by atoms with Crippen LogP contribution >= 0.6 is 11.6 Å². The fourth-order valence-electron chi connectivity index (χ4n) is 1.86. The van der Waals surface area contributed by atoms with E-state index < -0.39 is 0 Å². The van der Waals surface area contributed by atoms with E-state index in [1.54, 1.807) is 36.4 Å². The summed E-state index contributed by atoms with van der Waals surface area (Å²) in [5.74, 6) is 0.374. The number of carbonyl (C=O) groups is 2. The number of halogens is 1. The average Bonchev–Trinajstić information content (AvgIpc) is 2.47. The lowest BCUT2D eigenvalue weighted by Crippen LogP contribution is -2.26. The number of fused-ring (bicyclic) bond motifs is 1. The summed E-state index contributed by atoms with van der Waals surface area (Å²) in [5.41, 5.74) is 0.346. The summed E-state index contributed by atoms with van der Waals surface area (Å²) in [6.07, 6.45) is 0. The Labute approximate surface area is 125 Å². The maximum atomic E-state index is 12.1. The molecule has 0 radical (unpaired) electrons. The zero-order valence-electron chi connectivity index (χ0n) is 10.7. The Morgan fingerprint density at radius 1 is 1.29 bits per heavy atom. The summed E-state index contributed by atoms with van der Waals surface area (Å²) >= 11 is 5.96. The fraction of sp³-hybridized carbons (Fsp3) is 0.0714. The normalized spacial score (nSPS) is 12.9. The molecule has 21 heavy (non-hydrogen) atoms. The molecule has 0 unspecified atom stereocenters. The van der Waals surface area contributed by atoms with Crippen LogP contribution in [-0.2, 0) is 4.79 Å². The van der Waals surface area contributed by atoms with Gasteiger partial charge in [0.05, 0.1) is 10.6 Å². The molecule has 2 N–H and O–H groups in total. The maximum Gasteiger partial charge on any atom is 0.263 e. The molecule has 2 aromatic rings. The van der Waals surface area contributed by atoms with Gasteiger partial charge in [-0.1, -0.05) is 23.7 Å². The summed E-state index contributed by atoms with van der Waals surface area (Å²) in [6.45, 7) is -0.0417. The van der Waals surface area contributed by atoms with Gasteiger partial charge in [-0.25, -0.2) is 4.98 Å². The van der Waals surface area contributed by atoms with Crippen molar-refractivity contribution in [2.45, 2.75) is 0 Å². The van der Waals surface area contributed by atoms with E-state index in [2.05, 4.69) is 15.6 Å². The van der Waals surface area contributed by atoms with Crippen molar-refractivity contribution in [3.8, 4) is 5.75 Å². The van der Waals surface area contributed by atoms with Gasteiger partial charge < -0.3 is 15.4 Å². The van der Waals surface area contributed by atoms with Gasteiger partial charge in [0.1, 0.15) is 5.82 Å². The molecular formula is C14H10ClN3O3. The van der Waals surface area contributed by atoms with E-state index in [4.69, 9.17) is 16.3 Å². The average molecular weight is 304 g/mol. The lowest BCUT2D eigenvalue weighted by molar-refractivity contribution is -0.118. The quantitative estimate of drug-likeness (QED) is 0.892. The summed E-state index contributed by atoms with van der Waals surface area (Å²) in [4.78, 5) is 27.5. The summed E-state index contributed by atoms with van der Waals surface area (Å²) in [6, 6.07) is 9.92. The summed E-state index contributed by atoms with van der Waals surface area (Å²) in [5, 5.41) is 5.55. The molecule has 0 bridgehead atoms. The Bertz CT molecular complexity index is 733. The third kappa shape index (κ3) is 2.80. The van der Waals surface area contributed by atoms with Crippen molar-refractivity contribution in [2.24, 2.45) is 0 Å². The second kappa shape index (κ2) is 5.41. The highest BCUT2D eigenvalue weighted by molar-refractivity contribution is 6.34. The van der Waals surface area contributed by atoms with E-state index in [0.29, 0.717) is 22.2 Å². The van der Waals surface area contributed by atoms with Crippen LogP contribution in [0.3, 0.4) is 0 Å². The molecule has 6 nitrogen and oxygen atoms in total. The van der Waals surface area contributed by atoms with Crippen molar-refractivity contribution in [3.05, 3.63) is 47.0 Å². The van der Waals surface area contributed by atoms with Gasteiger partial charge in [0.2, 0.25) is 0 Å². The molecule has 0 atom stereocenters. The lowest BCUT2D eigenvalue weighted by Gasteiger charge is -2.17. The highest BCUT2D eigenvalue weighted by atomic mass is 35.5. The molecular weight excluding hydrogens is 294 g/mol. The number of aromatic nitrogens is 1. The Morgan fingerprint density at radius 3 is 2.90 bits per heavy atom. The number of pyridine rings is 1. The van der Waals surface area contributed by atoms with Gasteiger partial charge in [-0.05, 0) is 24.3 Å². The molecule has 106 valence electrons. The number of ether oxygens (including phenoxy) is 1. The fourth-order valence-corrected chi connectivity index (χ4v) is 2.08. The van der Waals surface area contributed by atoms with Crippen LogP contribution < -0.4 is 15.4 Å². The number of nitrogens with one attached hydrogen (secondary N) is 2. The third-order valence-corrected chi connectivity index (χ3v) is 3.16. The Morgan fingerprint density at radius 2 is 2.10 bits per heavy atom. The highest BCUT2D eigenvalue weighted by Crippen LogP contribution is 2.27. The van der Waals surface area contributed by atoms with Crippen molar-refractivity contribution in [1.29, 1.82) is 0 Å². The number of hydrogen-bond acceptors (Lipinski definition) is 4. The van der Waals surface area contributed by atoms with Crippen molar-refractivity contribution in [2.75, 3.05) is 17.2 Å². The second-order valence-corrected chi connectivity index (χ2v) is 4.72. The topological polar surface area (TPSA) is 80.3 Å². The minimum Gasteiger partial charge on any atom is -0.480 e. The van der Waals surface area contributed by atoms with E-state index in [0.717, 1.165) is 0 Å². The van der Waals surface area contributed by atoms with Gasteiger partial charge in [0.15, 0.2) is 18.2 Å². The molecule has 0 saturated heterocycles. The number of nitrogens with zero attached hydrogens (tertiary/aromatic N) is 1. The van der Waals surface area contributed by atoms with Crippen LogP contribution in [0.1, 0.15) is 10.4 Å². The first-order valence-electron chi connectivity index (χ1n) is 6.13. The Balaban J connectivity index is 1.82. The molecule has 1 aromatic carbocycles. The van der Waals surface area contributed by atoms with E-state index >= 15 is 0 Å². The van der Waals surface area contributed by atoms with Gasteiger partial charge in [-0.3, -0.25) is 9.59 Å². The molecule has 1 aliphatic rings. The lowest BCUT2D eigenvalue weighted by atomic mass is 10.2.